The van der Waals surface area contributed by atoms with Gasteiger partial charge in [-0.3, -0.25) is 4.79 Å². The number of halogens is 1. The lowest BCUT2D eigenvalue weighted by Gasteiger charge is -1.94. The Kier molecular flexibility index (Phi) is 2.15. The highest BCUT2D eigenvalue weighted by Crippen LogP contribution is 2.29. The number of thiophene rings is 1. The summed E-state index contributed by atoms with van der Waals surface area (Å²) in [7, 11) is 0. The van der Waals surface area contributed by atoms with E-state index in [9.17, 15) is 4.79 Å². The Morgan fingerprint density at radius 3 is 2.94 bits per heavy atom. The lowest BCUT2D eigenvalue weighted by atomic mass is 10.3. The molecule has 4 aromatic rings. The number of thiazole rings is 1. The summed E-state index contributed by atoms with van der Waals surface area (Å²) in [5, 5.41) is 0. The van der Waals surface area contributed by atoms with Crippen molar-refractivity contribution in [1.29, 1.82) is 0 Å². The highest BCUT2D eigenvalue weighted by molar-refractivity contribution is 9.11. The monoisotopic (exact) mass is 336 g/mol. The van der Waals surface area contributed by atoms with Crippen molar-refractivity contribution in [2.24, 2.45) is 0 Å². The molecule has 0 fully saturated rings. The largest absolute Gasteiger partial charge is 0.277 e. The molecule has 0 radical (unpaired) electrons. The van der Waals surface area contributed by atoms with Crippen molar-refractivity contribution in [3.05, 3.63) is 44.5 Å². The van der Waals surface area contributed by atoms with Crippen molar-refractivity contribution in [3.63, 3.8) is 0 Å². The molecule has 18 heavy (non-hydrogen) atoms. The first kappa shape index (κ1) is 10.7. The Hall–Kier alpha value is -1.24. The SMILES string of the molecule is O=c1c2sc(Br)cc2nc2sc3ccccc3n12. The molecule has 0 aliphatic heterocycles. The summed E-state index contributed by atoms with van der Waals surface area (Å²) < 4.78 is 4.41. The lowest BCUT2D eigenvalue weighted by molar-refractivity contribution is 1.17. The smallest absolute Gasteiger partial charge is 0.267 e. The highest BCUT2D eigenvalue weighted by Gasteiger charge is 2.13. The van der Waals surface area contributed by atoms with E-state index in [0.717, 1.165) is 24.5 Å². The number of aromatic nitrogens is 2. The maximum atomic E-state index is 12.5. The van der Waals surface area contributed by atoms with Gasteiger partial charge in [-0.2, -0.15) is 0 Å². The maximum Gasteiger partial charge on any atom is 0.277 e. The first-order valence-corrected chi connectivity index (χ1v) is 7.66. The highest BCUT2D eigenvalue weighted by atomic mass is 79.9. The summed E-state index contributed by atoms with van der Waals surface area (Å²) in [6, 6.07) is 9.78. The zero-order valence-electron chi connectivity index (χ0n) is 8.88. The van der Waals surface area contributed by atoms with E-state index in [1.54, 1.807) is 15.7 Å². The molecule has 0 saturated carbocycles. The molecule has 0 aliphatic rings. The minimum absolute atomic E-state index is 0.0168. The zero-order valence-corrected chi connectivity index (χ0v) is 12.1. The van der Waals surface area contributed by atoms with Crippen LogP contribution >= 0.6 is 38.6 Å². The Labute approximate surface area is 117 Å². The summed E-state index contributed by atoms with van der Waals surface area (Å²) in [4.78, 5) is 17.8. The number of fused-ring (bicyclic) bond motifs is 4. The number of hydrogen-bond acceptors (Lipinski definition) is 4. The van der Waals surface area contributed by atoms with Crippen LogP contribution in [0.5, 0.6) is 0 Å². The van der Waals surface area contributed by atoms with Crippen LogP contribution in [0.15, 0.2) is 38.9 Å². The fraction of sp³-hybridized carbons (Fsp3) is 0. The second-order valence-electron chi connectivity index (χ2n) is 3.87. The molecule has 0 unspecified atom stereocenters. The van der Waals surface area contributed by atoms with Crippen LogP contribution in [-0.4, -0.2) is 9.38 Å². The van der Waals surface area contributed by atoms with Gasteiger partial charge in [0.25, 0.3) is 5.56 Å². The van der Waals surface area contributed by atoms with Crippen molar-refractivity contribution >= 4 is 64.0 Å². The molecule has 0 bridgehead atoms. The predicted octanol–water partition coefficient (Wildman–Crippen LogP) is 3.89. The molecule has 88 valence electrons. The van der Waals surface area contributed by atoms with Crippen molar-refractivity contribution in [2.45, 2.75) is 0 Å². The quantitative estimate of drug-likeness (QED) is 0.488. The third-order valence-corrected chi connectivity index (χ3v) is 5.43. The van der Waals surface area contributed by atoms with E-state index in [1.165, 1.54) is 11.3 Å². The molecule has 3 heterocycles. The molecule has 3 aromatic heterocycles. The van der Waals surface area contributed by atoms with Crippen LogP contribution in [0, 0.1) is 0 Å². The predicted molar refractivity (Wildman–Crippen MR) is 79.9 cm³/mol. The van der Waals surface area contributed by atoms with Crippen LogP contribution in [-0.2, 0) is 0 Å². The van der Waals surface area contributed by atoms with Crippen LogP contribution in [0.1, 0.15) is 0 Å². The molecule has 3 nitrogen and oxygen atoms in total. The van der Waals surface area contributed by atoms with E-state index in [-0.39, 0.29) is 5.56 Å². The van der Waals surface area contributed by atoms with Gasteiger partial charge in [0.2, 0.25) is 0 Å². The standard InChI is InChI=1S/C12H5BrN2OS2/c13-9-5-6-10(18-9)11(16)15-7-3-1-2-4-8(7)17-12(15)14-6/h1-5H. The number of benzene rings is 1. The molecular weight excluding hydrogens is 332 g/mol. The molecule has 4 rings (SSSR count). The topological polar surface area (TPSA) is 34.4 Å². The molecule has 0 aliphatic carbocycles. The summed E-state index contributed by atoms with van der Waals surface area (Å²) in [6.45, 7) is 0. The minimum atomic E-state index is 0.0168. The number of para-hydroxylation sites is 1. The van der Waals surface area contributed by atoms with Gasteiger partial charge in [0, 0.05) is 0 Å². The normalized spacial score (nSPS) is 11.8. The average Bonchev–Trinajstić information content (AvgIpc) is 2.89. The second kappa shape index (κ2) is 3.63. The van der Waals surface area contributed by atoms with Gasteiger partial charge >= 0.3 is 0 Å². The lowest BCUT2D eigenvalue weighted by Crippen LogP contribution is -2.11. The molecule has 1 aromatic carbocycles. The third-order valence-electron chi connectivity index (χ3n) is 2.79. The van der Waals surface area contributed by atoms with Gasteiger partial charge in [0.15, 0.2) is 4.96 Å². The van der Waals surface area contributed by atoms with Gasteiger partial charge in [0.05, 0.1) is 19.5 Å². The van der Waals surface area contributed by atoms with E-state index in [0.29, 0.717) is 4.70 Å². The molecular formula is C12H5BrN2OS2. The molecule has 0 spiro atoms. The van der Waals surface area contributed by atoms with E-state index < -0.39 is 0 Å². The third kappa shape index (κ3) is 1.33. The van der Waals surface area contributed by atoms with E-state index >= 15 is 0 Å². The van der Waals surface area contributed by atoms with Crippen molar-refractivity contribution in [1.82, 2.24) is 9.38 Å². The molecule has 0 atom stereocenters. The zero-order chi connectivity index (χ0) is 12.3. The van der Waals surface area contributed by atoms with Crippen molar-refractivity contribution < 1.29 is 0 Å². The molecule has 6 heteroatoms. The Morgan fingerprint density at radius 2 is 2.06 bits per heavy atom. The summed E-state index contributed by atoms with van der Waals surface area (Å²) in [5.74, 6) is 0. The van der Waals surface area contributed by atoms with Gasteiger partial charge in [0.1, 0.15) is 4.70 Å². The average molecular weight is 337 g/mol. The second-order valence-corrected chi connectivity index (χ2v) is 7.31. The first-order chi connectivity index (χ1) is 8.74. The minimum Gasteiger partial charge on any atom is -0.267 e. The van der Waals surface area contributed by atoms with Crippen LogP contribution in [0.2, 0.25) is 0 Å². The van der Waals surface area contributed by atoms with Crippen LogP contribution in [0.25, 0.3) is 25.4 Å². The van der Waals surface area contributed by atoms with Crippen LogP contribution in [0.3, 0.4) is 0 Å². The van der Waals surface area contributed by atoms with Crippen molar-refractivity contribution in [3.8, 4) is 0 Å². The van der Waals surface area contributed by atoms with Gasteiger partial charge in [-0.05, 0) is 34.1 Å². The molecule has 0 amide bonds. The van der Waals surface area contributed by atoms with E-state index in [4.69, 9.17) is 0 Å². The number of hydrogen-bond donors (Lipinski definition) is 0. The molecule has 0 N–H and O–H groups in total. The number of nitrogens with zero attached hydrogens (tertiary/aromatic N) is 2. The van der Waals surface area contributed by atoms with Gasteiger partial charge < -0.3 is 0 Å². The fourth-order valence-electron chi connectivity index (χ4n) is 2.04. The Morgan fingerprint density at radius 1 is 1.22 bits per heavy atom. The number of rotatable bonds is 0. The van der Waals surface area contributed by atoms with Gasteiger partial charge in [-0.15, -0.1) is 11.3 Å². The maximum absolute atomic E-state index is 12.5. The van der Waals surface area contributed by atoms with Gasteiger partial charge in [-0.1, -0.05) is 23.5 Å². The van der Waals surface area contributed by atoms with Crippen LogP contribution in [0.4, 0.5) is 0 Å². The summed E-state index contributed by atoms with van der Waals surface area (Å²) in [5.41, 5.74) is 1.72. The molecule has 0 saturated heterocycles. The van der Waals surface area contributed by atoms with Crippen LogP contribution < -0.4 is 5.56 Å². The Balaban J connectivity index is 2.37. The first-order valence-electron chi connectivity index (χ1n) is 5.23. The van der Waals surface area contributed by atoms with E-state index in [1.807, 2.05) is 30.3 Å². The van der Waals surface area contributed by atoms with E-state index in [2.05, 4.69) is 20.9 Å². The van der Waals surface area contributed by atoms with Crippen molar-refractivity contribution in [2.75, 3.05) is 0 Å². The summed E-state index contributed by atoms with van der Waals surface area (Å²) in [6.07, 6.45) is 0. The fourth-order valence-corrected chi connectivity index (χ4v) is 4.52. The van der Waals surface area contributed by atoms with Gasteiger partial charge in [-0.25, -0.2) is 9.38 Å². The Bertz CT molecular complexity index is 967. The summed E-state index contributed by atoms with van der Waals surface area (Å²) >= 11 is 6.38.